The molecule has 0 fully saturated rings. The molecule has 0 aliphatic heterocycles. The molecule has 0 aliphatic rings. The van der Waals surface area contributed by atoms with Crippen molar-refractivity contribution in [1.82, 2.24) is 9.78 Å². The van der Waals surface area contributed by atoms with Crippen LogP contribution in [0.3, 0.4) is 0 Å². The molecule has 0 spiro atoms. The van der Waals surface area contributed by atoms with Crippen molar-refractivity contribution in [3.8, 4) is 11.8 Å². The van der Waals surface area contributed by atoms with E-state index in [0.717, 1.165) is 0 Å². The minimum absolute atomic E-state index is 0.00274. The van der Waals surface area contributed by atoms with Crippen molar-refractivity contribution in [3.05, 3.63) is 59.8 Å². The van der Waals surface area contributed by atoms with Gasteiger partial charge in [0.15, 0.2) is 5.69 Å². The van der Waals surface area contributed by atoms with Crippen LogP contribution in [0.1, 0.15) is 16.1 Å². The summed E-state index contributed by atoms with van der Waals surface area (Å²) in [6.45, 7) is 0. The third-order valence-electron chi connectivity index (χ3n) is 3.01. The number of carboxylic acids is 1. The second kappa shape index (κ2) is 4.52. The number of para-hydroxylation sites is 1. The van der Waals surface area contributed by atoms with Crippen LogP contribution in [0.2, 0.25) is 0 Å². The molecule has 5 nitrogen and oxygen atoms in total. The molecule has 1 aromatic heterocycles. The smallest absolute Gasteiger partial charge is 0.357 e. The van der Waals surface area contributed by atoms with Gasteiger partial charge in [0.05, 0.1) is 22.8 Å². The van der Waals surface area contributed by atoms with Crippen molar-refractivity contribution in [1.29, 1.82) is 5.26 Å². The maximum absolute atomic E-state index is 11.3. The molecule has 0 unspecified atom stereocenters. The average Bonchev–Trinajstić information content (AvgIpc) is 2.87. The van der Waals surface area contributed by atoms with Gasteiger partial charge in [0.25, 0.3) is 0 Å². The Kier molecular flexibility index (Phi) is 2.70. The molecular formula is C15H9N3O2. The quantitative estimate of drug-likeness (QED) is 0.770. The number of nitrogens with zero attached hydrogens (tertiary/aromatic N) is 3. The lowest BCUT2D eigenvalue weighted by atomic mass is 10.2. The Morgan fingerprint density at radius 1 is 1.20 bits per heavy atom. The van der Waals surface area contributed by atoms with Crippen LogP contribution in [0.15, 0.2) is 48.5 Å². The summed E-state index contributed by atoms with van der Waals surface area (Å²) in [6, 6.07) is 16.0. The molecule has 0 aliphatic carbocycles. The van der Waals surface area contributed by atoms with Crippen molar-refractivity contribution in [2.75, 3.05) is 0 Å². The standard InChI is InChI=1S/C15H9N3O2/c16-9-10-4-3-5-11(8-10)18-13-7-2-1-6-12(13)14(17-18)15(19)20/h1-8H,(H,19,20). The molecule has 20 heavy (non-hydrogen) atoms. The van der Waals surface area contributed by atoms with Gasteiger partial charge < -0.3 is 5.11 Å². The lowest BCUT2D eigenvalue weighted by molar-refractivity contribution is 0.0692. The number of aromatic carboxylic acids is 1. The van der Waals surface area contributed by atoms with Gasteiger partial charge in [-0.3, -0.25) is 0 Å². The van der Waals surface area contributed by atoms with Crippen LogP contribution >= 0.6 is 0 Å². The van der Waals surface area contributed by atoms with Crippen LogP contribution in [0.5, 0.6) is 0 Å². The number of hydrogen-bond donors (Lipinski definition) is 1. The number of aromatic nitrogens is 2. The number of nitriles is 1. The molecule has 3 aromatic rings. The molecule has 2 aromatic carbocycles. The van der Waals surface area contributed by atoms with Crippen molar-refractivity contribution >= 4 is 16.9 Å². The van der Waals surface area contributed by atoms with Gasteiger partial charge in [-0.1, -0.05) is 24.3 Å². The molecule has 5 heteroatoms. The normalized spacial score (nSPS) is 10.3. The second-order valence-corrected chi connectivity index (χ2v) is 4.24. The van der Waals surface area contributed by atoms with E-state index in [9.17, 15) is 9.90 Å². The topological polar surface area (TPSA) is 78.9 Å². The van der Waals surface area contributed by atoms with Crippen molar-refractivity contribution in [3.63, 3.8) is 0 Å². The van der Waals surface area contributed by atoms with Gasteiger partial charge in [0.1, 0.15) is 0 Å². The molecule has 0 saturated heterocycles. The highest BCUT2D eigenvalue weighted by Gasteiger charge is 2.16. The van der Waals surface area contributed by atoms with Crippen molar-refractivity contribution < 1.29 is 9.90 Å². The second-order valence-electron chi connectivity index (χ2n) is 4.24. The SMILES string of the molecule is N#Cc1cccc(-n2nc(C(=O)O)c3ccccc32)c1. The third-order valence-corrected chi connectivity index (χ3v) is 3.01. The average molecular weight is 263 g/mol. The van der Waals surface area contributed by atoms with Crippen LogP contribution in [-0.2, 0) is 0 Å². The largest absolute Gasteiger partial charge is 0.476 e. The van der Waals surface area contributed by atoms with E-state index in [2.05, 4.69) is 11.2 Å². The zero-order valence-corrected chi connectivity index (χ0v) is 10.3. The first kappa shape index (κ1) is 11.9. The number of fused-ring (bicyclic) bond motifs is 1. The van der Waals surface area contributed by atoms with Gasteiger partial charge in [-0.2, -0.15) is 10.4 Å². The molecule has 3 rings (SSSR count). The van der Waals surface area contributed by atoms with E-state index in [0.29, 0.717) is 22.2 Å². The summed E-state index contributed by atoms with van der Waals surface area (Å²) in [5.74, 6) is -1.07. The lowest BCUT2D eigenvalue weighted by Gasteiger charge is -2.03. The Balaban J connectivity index is 2.31. The van der Waals surface area contributed by atoms with E-state index in [1.807, 2.05) is 6.07 Å². The fourth-order valence-electron chi connectivity index (χ4n) is 2.13. The van der Waals surface area contributed by atoms with Crippen LogP contribution in [-0.4, -0.2) is 20.9 Å². The monoisotopic (exact) mass is 263 g/mol. The van der Waals surface area contributed by atoms with Crippen molar-refractivity contribution in [2.24, 2.45) is 0 Å². The number of rotatable bonds is 2. The first-order valence-electron chi connectivity index (χ1n) is 5.92. The number of hydrogen-bond acceptors (Lipinski definition) is 3. The Bertz CT molecular complexity index is 859. The van der Waals surface area contributed by atoms with Gasteiger partial charge in [0.2, 0.25) is 0 Å². The summed E-state index contributed by atoms with van der Waals surface area (Å²) in [6.07, 6.45) is 0. The van der Waals surface area contributed by atoms with E-state index >= 15 is 0 Å². The van der Waals surface area contributed by atoms with Gasteiger partial charge in [0, 0.05) is 5.39 Å². The van der Waals surface area contributed by atoms with Gasteiger partial charge in [-0.15, -0.1) is 0 Å². The van der Waals surface area contributed by atoms with Crippen LogP contribution in [0, 0.1) is 11.3 Å². The third kappa shape index (κ3) is 1.80. The number of benzene rings is 2. The fourth-order valence-corrected chi connectivity index (χ4v) is 2.13. The molecular weight excluding hydrogens is 254 g/mol. The van der Waals surface area contributed by atoms with Gasteiger partial charge in [-0.25, -0.2) is 9.48 Å². The number of carbonyl (C=O) groups is 1. The lowest BCUT2D eigenvalue weighted by Crippen LogP contribution is -2.01. The van der Waals surface area contributed by atoms with E-state index in [-0.39, 0.29) is 5.69 Å². The molecule has 0 radical (unpaired) electrons. The zero-order valence-electron chi connectivity index (χ0n) is 10.3. The van der Waals surface area contributed by atoms with Gasteiger partial charge in [-0.05, 0) is 24.3 Å². The Morgan fingerprint density at radius 2 is 2.00 bits per heavy atom. The highest BCUT2D eigenvalue weighted by Crippen LogP contribution is 2.22. The molecule has 0 amide bonds. The summed E-state index contributed by atoms with van der Waals surface area (Å²) < 4.78 is 1.54. The predicted molar refractivity (Wildman–Crippen MR) is 72.7 cm³/mol. The number of carboxylic acid groups (broad SMARTS) is 1. The van der Waals surface area contributed by atoms with Crippen molar-refractivity contribution in [2.45, 2.75) is 0 Å². The molecule has 1 N–H and O–H groups in total. The zero-order chi connectivity index (χ0) is 14.1. The van der Waals surface area contributed by atoms with Gasteiger partial charge >= 0.3 is 5.97 Å². The van der Waals surface area contributed by atoms with Crippen LogP contribution < -0.4 is 0 Å². The molecule has 1 heterocycles. The van der Waals surface area contributed by atoms with E-state index < -0.39 is 5.97 Å². The summed E-state index contributed by atoms with van der Waals surface area (Å²) >= 11 is 0. The predicted octanol–water partition coefficient (Wildman–Crippen LogP) is 2.60. The van der Waals surface area contributed by atoms with E-state index in [1.165, 1.54) is 0 Å². The molecule has 0 bridgehead atoms. The van der Waals surface area contributed by atoms with Crippen LogP contribution in [0.25, 0.3) is 16.6 Å². The Morgan fingerprint density at radius 3 is 2.75 bits per heavy atom. The fraction of sp³-hybridized carbons (Fsp3) is 0. The summed E-state index contributed by atoms with van der Waals surface area (Å²) in [4.78, 5) is 11.3. The minimum atomic E-state index is -1.07. The molecule has 0 atom stereocenters. The summed E-state index contributed by atoms with van der Waals surface area (Å²) in [5.41, 5.74) is 1.86. The highest BCUT2D eigenvalue weighted by atomic mass is 16.4. The Hall–Kier alpha value is -3.13. The first-order chi connectivity index (χ1) is 9.70. The maximum atomic E-state index is 11.3. The van der Waals surface area contributed by atoms with Crippen LogP contribution in [0.4, 0.5) is 0 Å². The van der Waals surface area contributed by atoms with E-state index in [1.54, 1.807) is 47.1 Å². The summed E-state index contributed by atoms with van der Waals surface area (Å²) in [7, 11) is 0. The van der Waals surface area contributed by atoms with E-state index in [4.69, 9.17) is 5.26 Å². The maximum Gasteiger partial charge on any atom is 0.357 e. The highest BCUT2D eigenvalue weighted by molar-refractivity contribution is 6.01. The first-order valence-corrected chi connectivity index (χ1v) is 5.92. The molecule has 0 saturated carbocycles. The Labute approximate surface area is 114 Å². The summed E-state index contributed by atoms with van der Waals surface area (Å²) in [5, 5.41) is 22.9. The molecule has 96 valence electrons. The minimum Gasteiger partial charge on any atom is -0.476 e.